The average Bonchev–Trinajstić information content (AvgIpc) is 2.76. The first-order chi connectivity index (χ1) is 10.0. The summed E-state index contributed by atoms with van der Waals surface area (Å²) in [4.78, 5) is 12.0. The molecule has 0 aromatic heterocycles. The molecule has 2 saturated carbocycles. The minimum Gasteiger partial charge on any atom is -0.392 e. The van der Waals surface area contributed by atoms with Gasteiger partial charge in [-0.25, -0.2) is 0 Å². The Morgan fingerprint density at radius 1 is 1.29 bits per heavy atom. The molecular formula is C19H26O2. The molecule has 2 nitrogen and oxygen atoms in total. The Morgan fingerprint density at radius 3 is 2.90 bits per heavy atom. The summed E-state index contributed by atoms with van der Waals surface area (Å²) in [5.74, 6) is 2.54. The number of aliphatic hydroxyl groups is 1. The van der Waals surface area contributed by atoms with Crippen LogP contribution in [-0.4, -0.2) is 17.0 Å². The Morgan fingerprint density at radius 2 is 2.10 bits per heavy atom. The lowest BCUT2D eigenvalue weighted by Gasteiger charge is -2.51. The molecule has 4 rings (SSSR count). The topological polar surface area (TPSA) is 37.3 Å². The van der Waals surface area contributed by atoms with Gasteiger partial charge in [-0.3, -0.25) is 4.79 Å². The van der Waals surface area contributed by atoms with Gasteiger partial charge in [-0.05, 0) is 62.4 Å². The molecule has 21 heavy (non-hydrogen) atoms. The summed E-state index contributed by atoms with van der Waals surface area (Å²) in [5.41, 5.74) is 3.02. The maximum Gasteiger partial charge on any atom is 0.158 e. The van der Waals surface area contributed by atoms with Crippen molar-refractivity contribution in [2.75, 3.05) is 0 Å². The van der Waals surface area contributed by atoms with Crippen molar-refractivity contribution in [3.63, 3.8) is 0 Å². The van der Waals surface area contributed by atoms with Gasteiger partial charge in [0, 0.05) is 11.3 Å². The van der Waals surface area contributed by atoms with E-state index >= 15 is 0 Å². The molecular weight excluding hydrogens is 260 g/mol. The highest BCUT2D eigenvalue weighted by atomic mass is 16.3. The van der Waals surface area contributed by atoms with Crippen LogP contribution in [0.2, 0.25) is 0 Å². The summed E-state index contributed by atoms with van der Waals surface area (Å²) in [7, 11) is 0. The molecule has 0 spiro atoms. The zero-order chi connectivity index (χ0) is 14.8. The van der Waals surface area contributed by atoms with Crippen LogP contribution in [0.1, 0.15) is 52.4 Å². The van der Waals surface area contributed by atoms with E-state index in [2.05, 4.69) is 19.9 Å². The molecule has 2 heteroatoms. The number of aliphatic hydroxyl groups excluding tert-OH is 1. The number of ketones is 1. The van der Waals surface area contributed by atoms with Crippen molar-refractivity contribution in [1.82, 2.24) is 0 Å². The lowest BCUT2D eigenvalue weighted by molar-refractivity contribution is -0.119. The largest absolute Gasteiger partial charge is 0.392 e. The lowest BCUT2D eigenvalue weighted by atomic mass is 9.53. The molecule has 6 atom stereocenters. The summed E-state index contributed by atoms with van der Waals surface area (Å²) >= 11 is 0. The van der Waals surface area contributed by atoms with Gasteiger partial charge in [0.1, 0.15) is 0 Å². The molecule has 0 bridgehead atoms. The SMILES string of the molecule is CC1C[C@H]2C(=CC1=O)CC[C@H]1C3=CC[C@H](O)[C@@]3(C)CC[C@H]21. The van der Waals surface area contributed by atoms with E-state index < -0.39 is 0 Å². The summed E-state index contributed by atoms with van der Waals surface area (Å²) in [5, 5.41) is 10.4. The highest BCUT2D eigenvalue weighted by molar-refractivity contribution is 5.93. The Labute approximate surface area is 127 Å². The van der Waals surface area contributed by atoms with Crippen LogP contribution < -0.4 is 0 Å². The Hall–Kier alpha value is -0.890. The quantitative estimate of drug-likeness (QED) is 0.690. The molecule has 0 aromatic rings. The average molecular weight is 286 g/mol. The van der Waals surface area contributed by atoms with Gasteiger partial charge in [0.05, 0.1) is 6.10 Å². The number of fused-ring (bicyclic) bond motifs is 5. The van der Waals surface area contributed by atoms with Gasteiger partial charge in [0.2, 0.25) is 0 Å². The van der Waals surface area contributed by atoms with Crippen LogP contribution in [0, 0.1) is 29.1 Å². The van der Waals surface area contributed by atoms with Crippen molar-refractivity contribution in [3.8, 4) is 0 Å². The highest BCUT2D eigenvalue weighted by Gasteiger charge is 2.52. The molecule has 0 aromatic carbocycles. The molecule has 0 aliphatic heterocycles. The van der Waals surface area contributed by atoms with E-state index in [1.54, 1.807) is 5.57 Å². The Balaban J connectivity index is 1.67. The Bertz CT molecular complexity index is 544. The normalized spacial score (nSPS) is 48.9. The fraction of sp³-hybridized carbons (Fsp3) is 0.737. The third-order valence-corrected chi connectivity index (χ3v) is 7.03. The van der Waals surface area contributed by atoms with E-state index in [4.69, 9.17) is 0 Å². The molecule has 4 aliphatic rings. The van der Waals surface area contributed by atoms with Crippen LogP contribution in [0.5, 0.6) is 0 Å². The lowest BCUT2D eigenvalue weighted by Crippen LogP contribution is -2.44. The number of hydrogen-bond donors (Lipinski definition) is 1. The van der Waals surface area contributed by atoms with Gasteiger partial charge in [-0.1, -0.05) is 31.1 Å². The minimum absolute atomic E-state index is 0.0402. The zero-order valence-electron chi connectivity index (χ0n) is 13.1. The molecule has 1 unspecified atom stereocenters. The monoisotopic (exact) mass is 286 g/mol. The van der Waals surface area contributed by atoms with Crippen molar-refractivity contribution in [1.29, 1.82) is 0 Å². The third-order valence-electron chi connectivity index (χ3n) is 7.03. The molecule has 0 radical (unpaired) electrons. The minimum atomic E-state index is -0.169. The first-order valence-electron chi connectivity index (χ1n) is 8.63. The molecule has 0 amide bonds. The van der Waals surface area contributed by atoms with Gasteiger partial charge < -0.3 is 5.11 Å². The number of rotatable bonds is 0. The first kappa shape index (κ1) is 13.8. The molecule has 2 fully saturated rings. The smallest absolute Gasteiger partial charge is 0.158 e. The summed E-state index contributed by atoms with van der Waals surface area (Å²) in [6.07, 6.45) is 10.7. The van der Waals surface area contributed by atoms with Crippen LogP contribution in [0.3, 0.4) is 0 Å². The maximum absolute atomic E-state index is 12.0. The van der Waals surface area contributed by atoms with Crippen molar-refractivity contribution in [2.45, 2.75) is 58.5 Å². The van der Waals surface area contributed by atoms with Gasteiger partial charge in [0.15, 0.2) is 5.78 Å². The fourth-order valence-electron chi connectivity index (χ4n) is 5.67. The summed E-state index contributed by atoms with van der Waals surface area (Å²) in [6, 6.07) is 0. The zero-order valence-corrected chi connectivity index (χ0v) is 13.1. The number of hydrogen-bond acceptors (Lipinski definition) is 2. The number of carbonyl (C=O) groups excluding carboxylic acids is 1. The van der Waals surface area contributed by atoms with Crippen molar-refractivity contribution in [3.05, 3.63) is 23.3 Å². The van der Waals surface area contributed by atoms with Crippen LogP contribution in [0.25, 0.3) is 0 Å². The third kappa shape index (κ3) is 1.84. The number of carbonyl (C=O) groups is 1. The second kappa shape index (κ2) is 4.55. The van der Waals surface area contributed by atoms with Crippen molar-refractivity contribution in [2.24, 2.45) is 29.1 Å². The second-order valence-corrected chi connectivity index (χ2v) is 8.04. The molecule has 114 valence electrons. The van der Waals surface area contributed by atoms with E-state index in [0.717, 1.165) is 25.7 Å². The van der Waals surface area contributed by atoms with Crippen molar-refractivity contribution < 1.29 is 9.90 Å². The first-order valence-corrected chi connectivity index (χ1v) is 8.63. The second-order valence-electron chi connectivity index (χ2n) is 8.04. The van der Waals surface area contributed by atoms with E-state index in [-0.39, 0.29) is 17.4 Å². The van der Waals surface area contributed by atoms with Crippen LogP contribution in [0.15, 0.2) is 23.3 Å². The molecule has 0 heterocycles. The highest BCUT2D eigenvalue weighted by Crippen LogP contribution is 2.59. The van der Waals surface area contributed by atoms with Crippen LogP contribution in [-0.2, 0) is 4.79 Å². The van der Waals surface area contributed by atoms with Crippen molar-refractivity contribution >= 4 is 5.78 Å². The van der Waals surface area contributed by atoms with E-state index in [0.29, 0.717) is 23.5 Å². The predicted molar refractivity (Wildman–Crippen MR) is 82.6 cm³/mol. The maximum atomic E-state index is 12.0. The van der Waals surface area contributed by atoms with E-state index in [1.165, 1.54) is 18.4 Å². The Kier molecular flexibility index (Phi) is 2.98. The summed E-state index contributed by atoms with van der Waals surface area (Å²) in [6.45, 7) is 4.36. The number of allylic oxidation sites excluding steroid dienone is 2. The molecule has 0 saturated heterocycles. The fourth-order valence-corrected chi connectivity index (χ4v) is 5.67. The van der Waals surface area contributed by atoms with Gasteiger partial charge in [0.25, 0.3) is 0 Å². The van der Waals surface area contributed by atoms with E-state index in [1.807, 2.05) is 6.08 Å². The van der Waals surface area contributed by atoms with Gasteiger partial charge in [-0.2, -0.15) is 0 Å². The van der Waals surface area contributed by atoms with Crippen LogP contribution in [0.4, 0.5) is 0 Å². The van der Waals surface area contributed by atoms with E-state index in [9.17, 15) is 9.90 Å². The summed E-state index contributed by atoms with van der Waals surface area (Å²) < 4.78 is 0. The predicted octanol–water partition coefficient (Wildman–Crippen LogP) is 3.66. The molecule has 1 N–H and O–H groups in total. The van der Waals surface area contributed by atoms with Gasteiger partial charge in [-0.15, -0.1) is 0 Å². The van der Waals surface area contributed by atoms with Gasteiger partial charge >= 0.3 is 0 Å². The van der Waals surface area contributed by atoms with Crippen LogP contribution >= 0.6 is 0 Å². The standard InChI is InChI=1S/C19H26O2/c1-11-9-15-12(10-17(11)20)3-4-14-13(15)7-8-19(2)16(14)5-6-18(19)21/h5,10-11,13-15,18,21H,3-4,6-9H2,1-2H3/t11?,13-,14+,15-,18-,19-/m0/s1. The molecule has 4 aliphatic carbocycles.